The molecule has 1 N–H and O–H groups in total. The molecule has 0 saturated carbocycles. The number of nitrogens with one attached hydrogen (secondary N) is 1. The third-order valence-corrected chi connectivity index (χ3v) is 5.89. The van der Waals surface area contributed by atoms with Crippen molar-refractivity contribution in [2.24, 2.45) is 0 Å². The molecule has 168 valence electrons. The van der Waals surface area contributed by atoms with Gasteiger partial charge in [0, 0.05) is 11.1 Å². The molecule has 0 atom stereocenters. The molecule has 0 unspecified atom stereocenters. The molecule has 1 amide bonds. The van der Waals surface area contributed by atoms with Crippen LogP contribution in [0.1, 0.15) is 21.8 Å². The predicted molar refractivity (Wildman–Crippen MR) is 126 cm³/mol. The lowest BCUT2D eigenvalue weighted by Gasteiger charge is -2.08. The maximum atomic E-state index is 12.5. The highest BCUT2D eigenvalue weighted by Gasteiger charge is 2.13. The van der Waals surface area contributed by atoms with Crippen LogP contribution in [-0.2, 0) is 33.9 Å². The quantitative estimate of drug-likeness (QED) is 0.422. The Morgan fingerprint density at radius 3 is 2.82 bits per heavy atom. The number of hydrogen-bond donors (Lipinski definition) is 1. The molecule has 0 radical (unpaired) electrons. The van der Waals surface area contributed by atoms with Crippen LogP contribution in [0.2, 0.25) is 0 Å². The fourth-order valence-corrected chi connectivity index (χ4v) is 4.03. The lowest BCUT2D eigenvalue weighted by molar-refractivity contribution is -0.145. The Kier molecular flexibility index (Phi) is 6.60. The van der Waals surface area contributed by atoms with Crippen LogP contribution in [0.3, 0.4) is 0 Å². The molecular formula is C24H22N4O4S. The van der Waals surface area contributed by atoms with E-state index in [0.29, 0.717) is 21.6 Å². The second-order valence-corrected chi connectivity index (χ2v) is 8.57. The Balaban J connectivity index is 1.31. The van der Waals surface area contributed by atoms with Gasteiger partial charge in [-0.15, -0.1) is 11.3 Å². The monoisotopic (exact) mass is 462 g/mol. The third-order valence-electron chi connectivity index (χ3n) is 4.99. The van der Waals surface area contributed by atoms with Crippen LogP contribution in [0.25, 0.3) is 10.9 Å². The van der Waals surface area contributed by atoms with Crippen LogP contribution in [0.15, 0.2) is 59.0 Å². The zero-order valence-corrected chi connectivity index (χ0v) is 19.0. The van der Waals surface area contributed by atoms with Crippen molar-refractivity contribution in [1.29, 1.82) is 0 Å². The van der Waals surface area contributed by atoms with E-state index in [-0.39, 0.29) is 31.0 Å². The van der Waals surface area contributed by atoms with Crippen molar-refractivity contribution in [3.63, 3.8) is 0 Å². The predicted octanol–water partition coefficient (Wildman–Crippen LogP) is 3.39. The van der Waals surface area contributed by atoms with E-state index in [2.05, 4.69) is 15.3 Å². The fraction of sp³-hybridized carbons (Fsp3) is 0.208. The number of ether oxygens (including phenoxy) is 1. The number of fused-ring (bicyclic) bond motifs is 1. The molecule has 4 rings (SSSR count). The average Bonchev–Trinajstić information content (AvgIpc) is 3.24. The molecule has 0 aliphatic heterocycles. The first-order valence-corrected chi connectivity index (χ1v) is 11.2. The summed E-state index contributed by atoms with van der Waals surface area (Å²) in [5.74, 6) is -0.735. The first-order chi connectivity index (χ1) is 15.9. The van der Waals surface area contributed by atoms with E-state index in [9.17, 15) is 14.4 Å². The molecule has 33 heavy (non-hydrogen) atoms. The zero-order valence-electron chi connectivity index (χ0n) is 18.2. The number of amides is 1. The van der Waals surface area contributed by atoms with Crippen molar-refractivity contribution in [3.8, 4) is 0 Å². The molecule has 0 aliphatic rings. The Morgan fingerprint density at radius 2 is 1.97 bits per heavy atom. The van der Waals surface area contributed by atoms with Crippen LogP contribution in [-0.4, -0.2) is 26.4 Å². The molecule has 0 aliphatic carbocycles. The van der Waals surface area contributed by atoms with Crippen LogP contribution in [0, 0.1) is 13.8 Å². The van der Waals surface area contributed by atoms with Gasteiger partial charge in [0.25, 0.3) is 5.56 Å². The SMILES string of the molecule is Cc1ccc(C)c(NC(=O)Cc2nc(COC(=O)Cn3cnc4ccccc4c3=O)cs2)c1. The number of nitrogens with zero attached hydrogens (tertiary/aromatic N) is 3. The number of hydrogen-bond acceptors (Lipinski definition) is 7. The van der Waals surface area contributed by atoms with E-state index in [1.54, 1.807) is 29.6 Å². The highest BCUT2D eigenvalue weighted by atomic mass is 32.1. The van der Waals surface area contributed by atoms with Gasteiger partial charge in [-0.1, -0.05) is 24.3 Å². The molecule has 0 bridgehead atoms. The molecule has 8 nitrogen and oxygen atoms in total. The molecular weight excluding hydrogens is 440 g/mol. The molecule has 0 fully saturated rings. The van der Waals surface area contributed by atoms with Gasteiger partial charge in [-0.05, 0) is 43.2 Å². The van der Waals surface area contributed by atoms with E-state index in [1.165, 1.54) is 22.2 Å². The van der Waals surface area contributed by atoms with E-state index < -0.39 is 5.97 Å². The Labute approximate surface area is 193 Å². The first-order valence-electron chi connectivity index (χ1n) is 10.3. The minimum atomic E-state index is -0.573. The maximum Gasteiger partial charge on any atom is 0.326 e. The number of esters is 1. The number of rotatable bonds is 7. The maximum absolute atomic E-state index is 12.5. The third kappa shape index (κ3) is 5.50. The van der Waals surface area contributed by atoms with E-state index in [1.807, 2.05) is 32.0 Å². The van der Waals surface area contributed by atoms with Gasteiger partial charge < -0.3 is 10.1 Å². The Morgan fingerprint density at radius 1 is 1.15 bits per heavy atom. The normalized spacial score (nSPS) is 10.8. The molecule has 0 spiro atoms. The van der Waals surface area contributed by atoms with Gasteiger partial charge in [0.05, 0.1) is 29.3 Å². The summed E-state index contributed by atoms with van der Waals surface area (Å²) in [6.07, 6.45) is 1.46. The smallest absolute Gasteiger partial charge is 0.326 e. The number of aryl methyl sites for hydroxylation is 2. The highest BCUT2D eigenvalue weighted by Crippen LogP contribution is 2.18. The number of thiazole rings is 1. The number of anilines is 1. The topological polar surface area (TPSA) is 103 Å². The van der Waals surface area contributed by atoms with Crippen LogP contribution in [0.4, 0.5) is 5.69 Å². The summed E-state index contributed by atoms with van der Waals surface area (Å²) >= 11 is 1.33. The Hall–Kier alpha value is -3.85. The van der Waals surface area contributed by atoms with Crippen molar-refractivity contribution >= 4 is 39.8 Å². The number of aromatic nitrogens is 3. The van der Waals surface area contributed by atoms with Gasteiger partial charge in [-0.3, -0.25) is 19.0 Å². The average molecular weight is 463 g/mol. The van der Waals surface area contributed by atoms with Gasteiger partial charge in [0.2, 0.25) is 5.91 Å². The number of benzene rings is 2. The first kappa shape index (κ1) is 22.3. The fourth-order valence-electron chi connectivity index (χ4n) is 3.26. The summed E-state index contributed by atoms with van der Waals surface area (Å²) in [6.45, 7) is 3.62. The van der Waals surface area contributed by atoms with Crippen LogP contribution in [0.5, 0.6) is 0 Å². The van der Waals surface area contributed by atoms with Gasteiger partial charge in [-0.25, -0.2) is 9.97 Å². The van der Waals surface area contributed by atoms with Crippen molar-refractivity contribution in [1.82, 2.24) is 14.5 Å². The Bertz CT molecular complexity index is 1390. The molecule has 2 heterocycles. The van der Waals surface area contributed by atoms with Crippen LogP contribution < -0.4 is 10.9 Å². The minimum absolute atomic E-state index is 0.0380. The lowest BCUT2D eigenvalue weighted by Crippen LogP contribution is -2.25. The van der Waals surface area contributed by atoms with Crippen molar-refractivity contribution in [2.45, 2.75) is 33.4 Å². The van der Waals surface area contributed by atoms with E-state index in [0.717, 1.165) is 16.8 Å². The summed E-state index contributed by atoms with van der Waals surface area (Å²) in [5, 5.41) is 5.72. The van der Waals surface area contributed by atoms with Crippen molar-refractivity contribution < 1.29 is 14.3 Å². The molecule has 9 heteroatoms. The van der Waals surface area contributed by atoms with Crippen molar-refractivity contribution in [3.05, 3.63) is 86.4 Å². The van der Waals surface area contributed by atoms with Gasteiger partial charge in [0.1, 0.15) is 18.2 Å². The standard InChI is InChI=1S/C24H22N4O4S/c1-15-7-8-16(2)20(9-15)27-21(29)10-22-26-17(13-33-22)12-32-23(30)11-28-14-25-19-6-4-3-5-18(19)24(28)31/h3-9,13-14H,10-12H2,1-2H3,(H,27,29). The highest BCUT2D eigenvalue weighted by molar-refractivity contribution is 7.09. The molecule has 2 aromatic carbocycles. The summed E-state index contributed by atoms with van der Waals surface area (Å²) in [4.78, 5) is 45.6. The number of carbonyl (C=O) groups is 2. The minimum Gasteiger partial charge on any atom is -0.458 e. The lowest BCUT2D eigenvalue weighted by atomic mass is 10.1. The van der Waals surface area contributed by atoms with Gasteiger partial charge in [-0.2, -0.15) is 0 Å². The second kappa shape index (κ2) is 9.74. The van der Waals surface area contributed by atoms with Gasteiger partial charge >= 0.3 is 5.97 Å². The summed E-state index contributed by atoms with van der Waals surface area (Å²) in [7, 11) is 0. The summed E-state index contributed by atoms with van der Waals surface area (Å²) in [6, 6.07) is 12.8. The largest absolute Gasteiger partial charge is 0.458 e. The second-order valence-electron chi connectivity index (χ2n) is 7.63. The summed E-state index contributed by atoms with van der Waals surface area (Å²) in [5.41, 5.74) is 3.65. The zero-order chi connectivity index (χ0) is 23.4. The summed E-state index contributed by atoms with van der Waals surface area (Å²) < 4.78 is 6.48. The van der Waals surface area contributed by atoms with Gasteiger partial charge in [0.15, 0.2) is 0 Å². The molecule has 0 saturated heterocycles. The van der Waals surface area contributed by atoms with Crippen LogP contribution >= 0.6 is 11.3 Å². The van der Waals surface area contributed by atoms with Crippen molar-refractivity contribution in [2.75, 3.05) is 5.32 Å². The number of carbonyl (C=O) groups excluding carboxylic acids is 2. The number of para-hydroxylation sites is 1. The van der Waals surface area contributed by atoms with E-state index in [4.69, 9.17) is 4.74 Å². The molecule has 4 aromatic rings. The molecule has 2 aromatic heterocycles. The van der Waals surface area contributed by atoms with E-state index >= 15 is 0 Å².